The van der Waals surface area contributed by atoms with Crippen LogP contribution in [0.3, 0.4) is 0 Å². The minimum Gasteiger partial charge on any atom is -0.497 e. The Balaban J connectivity index is 1.76. The number of fused-ring (bicyclic) bond motifs is 1. The Hall–Kier alpha value is -2.01. The molecule has 1 aliphatic heterocycles. The fourth-order valence-electron chi connectivity index (χ4n) is 2.76. The van der Waals surface area contributed by atoms with Crippen molar-refractivity contribution in [3.8, 4) is 5.75 Å². The minimum atomic E-state index is 0.201. The number of H-pyrrole nitrogens is 1. The van der Waals surface area contributed by atoms with E-state index in [-0.39, 0.29) is 5.91 Å². The highest BCUT2D eigenvalue weighted by Crippen LogP contribution is 2.24. The molecule has 1 saturated heterocycles. The van der Waals surface area contributed by atoms with Gasteiger partial charge in [-0.3, -0.25) is 4.79 Å². The summed E-state index contributed by atoms with van der Waals surface area (Å²) in [6.07, 6.45) is 2.37. The summed E-state index contributed by atoms with van der Waals surface area (Å²) >= 11 is 0. The van der Waals surface area contributed by atoms with Gasteiger partial charge in [0.1, 0.15) is 5.75 Å². The van der Waals surface area contributed by atoms with E-state index in [0.29, 0.717) is 6.42 Å². The predicted molar refractivity (Wildman–Crippen MR) is 82.6 cm³/mol. The van der Waals surface area contributed by atoms with Gasteiger partial charge in [-0.25, -0.2) is 0 Å². The third kappa shape index (κ3) is 2.88. The Bertz CT molecular complexity index is 642. The number of piperazine rings is 1. The van der Waals surface area contributed by atoms with Gasteiger partial charge in [0.2, 0.25) is 5.91 Å². The maximum Gasteiger partial charge on any atom is 0.227 e. The molecular formula is C16H21N3O2. The van der Waals surface area contributed by atoms with E-state index >= 15 is 0 Å². The lowest BCUT2D eigenvalue weighted by molar-refractivity contribution is -0.132. The molecule has 112 valence electrons. The van der Waals surface area contributed by atoms with Gasteiger partial charge in [-0.15, -0.1) is 0 Å². The summed E-state index contributed by atoms with van der Waals surface area (Å²) < 4.78 is 5.27. The van der Waals surface area contributed by atoms with Gasteiger partial charge < -0.3 is 19.5 Å². The fraction of sp³-hybridized carbons (Fsp3) is 0.438. The lowest BCUT2D eigenvalue weighted by atomic mass is 10.1. The summed E-state index contributed by atoms with van der Waals surface area (Å²) in [7, 11) is 3.75. The van der Waals surface area contributed by atoms with Crippen molar-refractivity contribution in [1.82, 2.24) is 14.8 Å². The fourth-order valence-corrected chi connectivity index (χ4v) is 2.76. The van der Waals surface area contributed by atoms with Crippen molar-refractivity contribution >= 4 is 16.8 Å². The number of hydrogen-bond acceptors (Lipinski definition) is 3. The van der Waals surface area contributed by atoms with Crippen LogP contribution in [0.4, 0.5) is 0 Å². The van der Waals surface area contributed by atoms with Gasteiger partial charge in [-0.1, -0.05) is 0 Å². The van der Waals surface area contributed by atoms with Crippen LogP contribution in [-0.2, 0) is 11.2 Å². The number of likely N-dealkylation sites (N-methyl/N-ethyl adjacent to an activating group) is 1. The van der Waals surface area contributed by atoms with Crippen molar-refractivity contribution in [3.05, 3.63) is 30.0 Å². The maximum absolute atomic E-state index is 12.4. The van der Waals surface area contributed by atoms with E-state index in [2.05, 4.69) is 16.9 Å². The molecule has 0 saturated carbocycles. The number of nitrogens with one attached hydrogen (secondary N) is 1. The van der Waals surface area contributed by atoms with Crippen molar-refractivity contribution in [2.24, 2.45) is 0 Å². The molecule has 3 rings (SSSR count). The molecule has 0 unspecified atom stereocenters. The minimum absolute atomic E-state index is 0.201. The number of aromatic nitrogens is 1. The van der Waals surface area contributed by atoms with Gasteiger partial charge in [0.25, 0.3) is 0 Å². The number of benzene rings is 1. The van der Waals surface area contributed by atoms with E-state index in [1.807, 2.05) is 29.3 Å². The van der Waals surface area contributed by atoms with Gasteiger partial charge in [-0.05, 0) is 30.8 Å². The molecule has 1 N–H and O–H groups in total. The summed E-state index contributed by atoms with van der Waals surface area (Å²) in [6.45, 7) is 3.54. The number of rotatable bonds is 3. The molecule has 1 aromatic heterocycles. The zero-order valence-electron chi connectivity index (χ0n) is 12.6. The molecule has 0 radical (unpaired) electrons. The summed E-state index contributed by atoms with van der Waals surface area (Å²) in [5.74, 6) is 1.02. The smallest absolute Gasteiger partial charge is 0.227 e. The summed E-state index contributed by atoms with van der Waals surface area (Å²) in [5, 5.41) is 1.07. The third-order valence-electron chi connectivity index (χ3n) is 4.17. The average molecular weight is 287 g/mol. The van der Waals surface area contributed by atoms with Crippen LogP contribution in [0.15, 0.2) is 24.4 Å². The first-order valence-corrected chi connectivity index (χ1v) is 7.27. The summed E-state index contributed by atoms with van der Waals surface area (Å²) in [5.41, 5.74) is 2.07. The van der Waals surface area contributed by atoms with Gasteiger partial charge in [0.05, 0.1) is 13.5 Å². The highest BCUT2D eigenvalue weighted by Gasteiger charge is 2.20. The molecule has 2 aromatic rings. The molecule has 0 spiro atoms. The van der Waals surface area contributed by atoms with E-state index in [0.717, 1.165) is 48.4 Å². The highest BCUT2D eigenvalue weighted by atomic mass is 16.5. The molecule has 1 fully saturated rings. The van der Waals surface area contributed by atoms with E-state index < -0.39 is 0 Å². The lowest BCUT2D eigenvalue weighted by Gasteiger charge is -2.32. The van der Waals surface area contributed by atoms with Crippen LogP contribution in [0.1, 0.15) is 5.56 Å². The van der Waals surface area contributed by atoms with Crippen molar-refractivity contribution in [1.29, 1.82) is 0 Å². The Morgan fingerprint density at radius 1 is 1.29 bits per heavy atom. The normalized spacial score (nSPS) is 16.4. The molecule has 21 heavy (non-hydrogen) atoms. The zero-order chi connectivity index (χ0) is 14.8. The van der Waals surface area contributed by atoms with Crippen LogP contribution in [0.2, 0.25) is 0 Å². The molecular weight excluding hydrogens is 266 g/mol. The number of ether oxygens (including phenoxy) is 1. The van der Waals surface area contributed by atoms with E-state index in [4.69, 9.17) is 4.74 Å². The maximum atomic E-state index is 12.4. The van der Waals surface area contributed by atoms with Crippen molar-refractivity contribution in [3.63, 3.8) is 0 Å². The van der Waals surface area contributed by atoms with Crippen LogP contribution < -0.4 is 4.74 Å². The van der Waals surface area contributed by atoms with E-state index in [1.54, 1.807) is 7.11 Å². The molecule has 1 aliphatic rings. The SMILES string of the molecule is COc1ccc2[nH]cc(CC(=O)N3CCN(C)CC3)c2c1. The molecule has 0 aliphatic carbocycles. The highest BCUT2D eigenvalue weighted by molar-refractivity contribution is 5.89. The molecule has 5 heteroatoms. The van der Waals surface area contributed by atoms with Gasteiger partial charge >= 0.3 is 0 Å². The number of carbonyl (C=O) groups is 1. The number of hydrogen-bond donors (Lipinski definition) is 1. The molecule has 1 amide bonds. The van der Waals surface area contributed by atoms with Crippen LogP contribution in [-0.4, -0.2) is 61.0 Å². The standard InChI is InChI=1S/C16H21N3O2/c1-18-5-7-19(8-6-18)16(20)9-12-11-17-15-4-3-13(21-2)10-14(12)15/h3-4,10-11,17H,5-9H2,1-2H3. The van der Waals surface area contributed by atoms with Crippen LogP contribution in [0.5, 0.6) is 5.75 Å². The quantitative estimate of drug-likeness (QED) is 0.930. The average Bonchev–Trinajstić information content (AvgIpc) is 2.90. The van der Waals surface area contributed by atoms with Crippen molar-refractivity contribution in [2.45, 2.75) is 6.42 Å². The number of aromatic amines is 1. The second-order valence-electron chi connectivity index (χ2n) is 5.59. The van der Waals surface area contributed by atoms with Crippen LogP contribution >= 0.6 is 0 Å². The molecule has 0 atom stereocenters. The number of methoxy groups -OCH3 is 1. The Labute approximate surface area is 124 Å². The monoisotopic (exact) mass is 287 g/mol. The molecule has 0 bridgehead atoms. The van der Waals surface area contributed by atoms with Gasteiger partial charge in [0, 0.05) is 43.3 Å². The summed E-state index contributed by atoms with van der Waals surface area (Å²) in [6, 6.07) is 5.89. The molecule has 2 heterocycles. The topological polar surface area (TPSA) is 48.6 Å². The van der Waals surface area contributed by atoms with Gasteiger partial charge in [0.15, 0.2) is 0 Å². The van der Waals surface area contributed by atoms with Gasteiger partial charge in [-0.2, -0.15) is 0 Å². The van der Waals surface area contributed by atoms with E-state index in [1.165, 1.54) is 0 Å². The first kappa shape index (κ1) is 13.9. The van der Waals surface area contributed by atoms with Crippen LogP contribution in [0, 0.1) is 0 Å². The third-order valence-corrected chi connectivity index (χ3v) is 4.17. The Morgan fingerprint density at radius 2 is 2.05 bits per heavy atom. The Morgan fingerprint density at radius 3 is 2.76 bits per heavy atom. The second-order valence-corrected chi connectivity index (χ2v) is 5.59. The second kappa shape index (κ2) is 5.77. The predicted octanol–water partition coefficient (Wildman–Crippen LogP) is 1.49. The van der Waals surface area contributed by atoms with Crippen LogP contribution in [0.25, 0.3) is 10.9 Å². The van der Waals surface area contributed by atoms with E-state index in [9.17, 15) is 4.79 Å². The van der Waals surface area contributed by atoms with Crippen molar-refractivity contribution < 1.29 is 9.53 Å². The zero-order valence-corrected chi connectivity index (χ0v) is 12.6. The molecule has 5 nitrogen and oxygen atoms in total. The Kier molecular flexibility index (Phi) is 3.84. The largest absolute Gasteiger partial charge is 0.497 e. The number of nitrogens with zero attached hydrogens (tertiary/aromatic N) is 2. The molecule has 1 aromatic carbocycles. The number of amides is 1. The first-order valence-electron chi connectivity index (χ1n) is 7.27. The summed E-state index contributed by atoms with van der Waals surface area (Å²) in [4.78, 5) is 19.9. The van der Waals surface area contributed by atoms with Crippen molar-refractivity contribution in [2.75, 3.05) is 40.3 Å². The lowest BCUT2D eigenvalue weighted by Crippen LogP contribution is -2.47. The number of carbonyl (C=O) groups excluding carboxylic acids is 1. The first-order chi connectivity index (χ1) is 10.2.